The van der Waals surface area contributed by atoms with Gasteiger partial charge in [-0.05, 0) is 36.6 Å². The summed E-state index contributed by atoms with van der Waals surface area (Å²) >= 11 is 0. The predicted octanol–water partition coefficient (Wildman–Crippen LogP) is 4.20. The van der Waals surface area contributed by atoms with Gasteiger partial charge >= 0.3 is 6.09 Å². The Morgan fingerprint density at radius 3 is 2.92 bits per heavy atom. The molecule has 0 saturated carbocycles. The number of hydrogen-bond acceptors (Lipinski definition) is 3. The highest BCUT2D eigenvalue weighted by molar-refractivity contribution is 5.78. The van der Waals surface area contributed by atoms with Crippen molar-refractivity contribution >= 4 is 23.2 Å². The smallest absolute Gasteiger partial charge is 0.407 e. The van der Waals surface area contributed by atoms with Crippen molar-refractivity contribution in [3.8, 4) is 0 Å². The van der Waals surface area contributed by atoms with Gasteiger partial charge in [0, 0.05) is 6.54 Å². The Kier molecular flexibility index (Phi) is 5.46. The Morgan fingerprint density at radius 1 is 1.24 bits per heavy atom. The molecule has 0 fully saturated rings. The van der Waals surface area contributed by atoms with E-state index < -0.39 is 6.09 Å². The van der Waals surface area contributed by atoms with Crippen molar-refractivity contribution in [2.45, 2.75) is 20.0 Å². The highest BCUT2D eigenvalue weighted by Crippen LogP contribution is 2.14. The van der Waals surface area contributed by atoms with Gasteiger partial charge in [-0.3, -0.25) is 0 Å². The number of aromatic nitrogens is 2. The second kappa shape index (κ2) is 8.15. The van der Waals surface area contributed by atoms with Crippen LogP contribution in [0.1, 0.15) is 23.4 Å². The van der Waals surface area contributed by atoms with Gasteiger partial charge in [0.05, 0.1) is 11.0 Å². The summed E-state index contributed by atoms with van der Waals surface area (Å²) in [5.74, 6) is 0.911. The van der Waals surface area contributed by atoms with Crippen molar-refractivity contribution in [2.75, 3.05) is 6.54 Å². The van der Waals surface area contributed by atoms with E-state index >= 15 is 0 Å². The molecule has 5 heteroatoms. The Hall–Kier alpha value is -3.08. The highest BCUT2D eigenvalue weighted by atomic mass is 16.5. The number of alkyl carbamates (subject to hydrolysis) is 1. The lowest BCUT2D eigenvalue weighted by molar-refractivity contribution is 0.140. The number of imidazole rings is 1. The quantitative estimate of drug-likeness (QED) is 0.663. The highest BCUT2D eigenvalue weighted by Gasteiger charge is 2.01. The second-order valence-corrected chi connectivity index (χ2v) is 5.78. The Bertz CT molecular complexity index is 869. The van der Waals surface area contributed by atoms with Gasteiger partial charge in [-0.1, -0.05) is 48.6 Å². The monoisotopic (exact) mass is 335 g/mol. The molecule has 0 radical (unpaired) electrons. The number of rotatable bonds is 6. The van der Waals surface area contributed by atoms with Crippen LogP contribution in [0.5, 0.6) is 0 Å². The van der Waals surface area contributed by atoms with E-state index in [-0.39, 0.29) is 6.61 Å². The number of fused-ring (bicyclic) bond motifs is 1. The van der Waals surface area contributed by atoms with Crippen LogP contribution < -0.4 is 5.32 Å². The van der Waals surface area contributed by atoms with Gasteiger partial charge in [-0.15, -0.1) is 0 Å². The van der Waals surface area contributed by atoms with Gasteiger partial charge in [0.15, 0.2) is 0 Å². The lowest BCUT2D eigenvalue weighted by Crippen LogP contribution is -2.24. The molecule has 0 unspecified atom stereocenters. The lowest BCUT2D eigenvalue weighted by Gasteiger charge is -2.05. The maximum absolute atomic E-state index is 11.6. The van der Waals surface area contributed by atoms with Gasteiger partial charge in [0.25, 0.3) is 0 Å². The van der Waals surface area contributed by atoms with Crippen LogP contribution in [0.25, 0.3) is 17.1 Å². The summed E-state index contributed by atoms with van der Waals surface area (Å²) in [6.07, 6.45) is 4.40. The van der Waals surface area contributed by atoms with Crippen molar-refractivity contribution in [2.24, 2.45) is 0 Å². The molecule has 1 aromatic heterocycles. The molecule has 3 rings (SSSR count). The van der Waals surface area contributed by atoms with E-state index in [4.69, 9.17) is 4.74 Å². The molecule has 0 aliphatic rings. The molecule has 1 amide bonds. The number of aromatic amines is 1. The minimum absolute atomic E-state index is 0.284. The number of nitrogens with zero attached hydrogens (tertiary/aromatic N) is 1. The third-order valence-electron chi connectivity index (χ3n) is 3.73. The average molecular weight is 335 g/mol. The van der Waals surface area contributed by atoms with Gasteiger partial charge in [0.1, 0.15) is 12.4 Å². The maximum atomic E-state index is 11.6. The Morgan fingerprint density at radius 2 is 2.08 bits per heavy atom. The first-order chi connectivity index (χ1) is 12.2. The topological polar surface area (TPSA) is 67.0 Å². The van der Waals surface area contributed by atoms with E-state index in [2.05, 4.69) is 21.4 Å². The summed E-state index contributed by atoms with van der Waals surface area (Å²) in [6, 6.07) is 15.7. The van der Waals surface area contributed by atoms with Crippen molar-refractivity contribution in [1.29, 1.82) is 0 Å². The first-order valence-corrected chi connectivity index (χ1v) is 8.28. The molecule has 3 aromatic rings. The van der Waals surface area contributed by atoms with Crippen LogP contribution in [0, 0.1) is 6.92 Å². The summed E-state index contributed by atoms with van der Waals surface area (Å²) in [4.78, 5) is 19.2. The first kappa shape index (κ1) is 16.8. The molecule has 2 N–H and O–H groups in total. The van der Waals surface area contributed by atoms with Crippen molar-refractivity contribution in [3.63, 3.8) is 0 Å². The van der Waals surface area contributed by atoms with Crippen LogP contribution in [-0.4, -0.2) is 22.6 Å². The number of H-pyrrole nitrogens is 1. The number of hydrogen-bond donors (Lipinski definition) is 2. The zero-order valence-electron chi connectivity index (χ0n) is 14.2. The van der Waals surface area contributed by atoms with Crippen LogP contribution in [0.4, 0.5) is 4.79 Å². The number of benzene rings is 2. The van der Waals surface area contributed by atoms with E-state index in [9.17, 15) is 4.79 Å². The molecule has 25 heavy (non-hydrogen) atoms. The standard InChI is InChI=1S/C20H21N3O2/c1-15-22-18-11-10-16(13-19(18)23-15)7-5-6-12-21-20(24)25-14-17-8-3-2-4-9-17/h2-5,7-11,13H,6,12,14H2,1H3,(H,21,24)(H,22,23). The molecular weight excluding hydrogens is 314 g/mol. The number of carbonyl (C=O) groups excluding carboxylic acids is 1. The molecule has 2 aromatic carbocycles. The maximum Gasteiger partial charge on any atom is 0.407 e. The number of ether oxygens (including phenoxy) is 1. The average Bonchev–Trinajstić information content (AvgIpc) is 3.00. The summed E-state index contributed by atoms with van der Waals surface area (Å²) in [5, 5.41) is 2.74. The SMILES string of the molecule is Cc1nc2ccc(C=CCCNC(=O)OCc3ccccc3)cc2[nH]1. The Labute approximate surface area is 146 Å². The molecule has 1 heterocycles. The van der Waals surface area contributed by atoms with Gasteiger partial charge in [-0.2, -0.15) is 0 Å². The fourth-order valence-electron chi connectivity index (χ4n) is 2.51. The van der Waals surface area contributed by atoms with Crippen LogP contribution in [0.3, 0.4) is 0 Å². The zero-order valence-corrected chi connectivity index (χ0v) is 14.2. The summed E-state index contributed by atoms with van der Waals surface area (Å²) in [6.45, 7) is 2.76. The summed E-state index contributed by atoms with van der Waals surface area (Å²) in [5.41, 5.74) is 4.07. The number of carbonyl (C=O) groups is 1. The largest absolute Gasteiger partial charge is 0.445 e. The normalized spacial score (nSPS) is 11.1. The van der Waals surface area contributed by atoms with E-state index in [0.717, 1.165) is 34.4 Å². The van der Waals surface area contributed by atoms with Gasteiger partial charge < -0.3 is 15.0 Å². The predicted molar refractivity (Wildman–Crippen MR) is 99.1 cm³/mol. The zero-order chi connectivity index (χ0) is 17.5. The number of nitrogens with one attached hydrogen (secondary N) is 2. The van der Waals surface area contributed by atoms with E-state index in [1.165, 1.54) is 0 Å². The lowest BCUT2D eigenvalue weighted by atomic mass is 10.2. The van der Waals surface area contributed by atoms with Crippen molar-refractivity contribution in [3.05, 3.63) is 71.6 Å². The molecule has 5 nitrogen and oxygen atoms in total. The molecule has 0 atom stereocenters. The fourth-order valence-corrected chi connectivity index (χ4v) is 2.51. The number of amides is 1. The Balaban J connectivity index is 1.39. The minimum Gasteiger partial charge on any atom is -0.445 e. The van der Waals surface area contributed by atoms with Gasteiger partial charge in [-0.25, -0.2) is 9.78 Å². The van der Waals surface area contributed by atoms with E-state index in [1.54, 1.807) is 0 Å². The molecule has 0 spiro atoms. The third-order valence-corrected chi connectivity index (χ3v) is 3.73. The second-order valence-electron chi connectivity index (χ2n) is 5.78. The van der Waals surface area contributed by atoms with E-state index in [1.807, 2.05) is 61.5 Å². The molecule has 0 bridgehead atoms. The molecule has 0 aliphatic carbocycles. The molecular formula is C20H21N3O2. The van der Waals surface area contributed by atoms with Crippen LogP contribution in [-0.2, 0) is 11.3 Å². The van der Waals surface area contributed by atoms with Crippen LogP contribution >= 0.6 is 0 Å². The van der Waals surface area contributed by atoms with E-state index in [0.29, 0.717) is 6.54 Å². The van der Waals surface area contributed by atoms with Crippen molar-refractivity contribution < 1.29 is 9.53 Å². The van der Waals surface area contributed by atoms with Crippen LogP contribution in [0.2, 0.25) is 0 Å². The summed E-state index contributed by atoms with van der Waals surface area (Å²) in [7, 11) is 0. The van der Waals surface area contributed by atoms with Crippen LogP contribution in [0.15, 0.2) is 54.6 Å². The minimum atomic E-state index is -0.397. The summed E-state index contributed by atoms with van der Waals surface area (Å²) < 4.78 is 5.16. The third kappa shape index (κ3) is 4.94. The number of aryl methyl sites for hydroxylation is 1. The van der Waals surface area contributed by atoms with Gasteiger partial charge in [0.2, 0.25) is 0 Å². The molecule has 128 valence electrons. The first-order valence-electron chi connectivity index (χ1n) is 8.28. The van der Waals surface area contributed by atoms with Crippen molar-refractivity contribution in [1.82, 2.24) is 15.3 Å². The fraction of sp³-hybridized carbons (Fsp3) is 0.200. The molecule has 0 aliphatic heterocycles. The molecule has 0 saturated heterocycles.